The Morgan fingerprint density at radius 1 is 1.27 bits per heavy atom. The third-order valence-corrected chi connectivity index (χ3v) is 5.90. The van der Waals surface area contributed by atoms with Gasteiger partial charge in [-0.1, -0.05) is 30.3 Å². The number of hydrogen-bond acceptors (Lipinski definition) is 4. The summed E-state index contributed by atoms with van der Waals surface area (Å²) in [6, 6.07) is 9.73. The van der Waals surface area contributed by atoms with E-state index in [-0.39, 0.29) is 10.9 Å². The van der Waals surface area contributed by atoms with E-state index in [1.807, 2.05) is 30.3 Å². The molecule has 118 valence electrons. The molecule has 0 amide bonds. The zero-order valence-electron chi connectivity index (χ0n) is 12.3. The maximum absolute atomic E-state index is 12.7. The summed E-state index contributed by atoms with van der Waals surface area (Å²) >= 11 is 0. The molecule has 0 aliphatic carbocycles. The third-order valence-electron chi connectivity index (χ3n) is 4.00. The number of hydrogen-bond donors (Lipinski definition) is 1. The molecule has 1 fully saturated rings. The molecular weight excluding hydrogens is 300 g/mol. The van der Waals surface area contributed by atoms with Gasteiger partial charge in [-0.15, -0.1) is 0 Å². The Morgan fingerprint density at radius 3 is 2.77 bits per heavy atom. The minimum atomic E-state index is -3.50. The summed E-state index contributed by atoms with van der Waals surface area (Å²) in [7, 11) is -3.50. The van der Waals surface area contributed by atoms with Crippen LogP contribution in [0.5, 0.6) is 0 Å². The highest BCUT2D eigenvalue weighted by Gasteiger charge is 2.35. The molecule has 0 saturated carbocycles. The maximum Gasteiger partial charge on any atom is 0.246 e. The molecule has 1 aromatic carbocycles. The van der Waals surface area contributed by atoms with Crippen LogP contribution in [0.15, 0.2) is 47.6 Å². The van der Waals surface area contributed by atoms with Gasteiger partial charge < -0.3 is 5.73 Å². The highest BCUT2D eigenvalue weighted by molar-refractivity contribution is 7.89. The van der Waals surface area contributed by atoms with Crippen LogP contribution in [-0.4, -0.2) is 41.6 Å². The topological polar surface area (TPSA) is 81.2 Å². The summed E-state index contributed by atoms with van der Waals surface area (Å²) in [4.78, 5) is 0.240. The highest BCUT2D eigenvalue weighted by atomic mass is 32.2. The van der Waals surface area contributed by atoms with Crippen LogP contribution in [0.2, 0.25) is 0 Å². The van der Waals surface area contributed by atoms with Crippen molar-refractivity contribution >= 4 is 10.0 Å². The van der Waals surface area contributed by atoms with Crippen molar-refractivity contribution < 1.29 is 8.42 Å². The van der Waals surface area contributed by atoms with Gasteiger partial charge >= 0.3 is 0 Å². The molecule has 3 rings (SSSR count). The van der Waals surface area contributed by atoms with Gasteiger partial charge in [-0.3, -0.25) is 4.68 Å². The number of rotatable bonds is 5. The summed E-state index contributed by atoms with van der Waals surface area (Å²) in [6.45, 7) is 1.45. The van der Waals surface area contributed by atoms with Gasteiger partial charge in [0.1, 0.15) is 4.90 Å². The van der Waals surface area contributed by atoms with Crippen molar-refractivity contribution in [3.05, 3.63) is 48.3 Å². The van der Waals surface area contributed by atoms with Crippen molar-refractivity contribution in [2.24, 2.45) is 5.73 Å². The lowest BCUT2D eigenvalue weighted by atomic mass is 10.2. The molecule has 2 heterocycles. The van der Waals surface area contributed by atoms with Crippen LogP contribution >= 0.6 is 0 Å². The van der Waals surface area contributed by atoms with Crippen LogP contribution in [-0.2, 0) is 16.6 Å². The number of nitrogens with zero attached hydrogens (tertiary/aromatic N) is 3. The summed E-state index contributed by atoms with van der Waals surface area (Å²) < 4.78 is 28.5. The second-order valence-electron chi connectivity index (χ2n) is 5.51. The molecule has 0 bridgehead atoms. The highest BCUT2D eigenvalue weighted by Crippen LogP contribution is 2.25. The average molecular weight is 320 g/mol. The Balaban J connectivity index is 1.81. The van der Waals surface area contributed by atoms with E-state index in [1.54, 1.807) is 10.9 Å². The normalized spacial score (nSPS) is 19.6. The van der Waals surface area contributed by atoms with E-state index in [0.717, 1.165) is 18.4 Å². The molecule has 0 radical (unpaired) electrons. The van der Waals surface area contributed by atoms with Crippen molar-refractivity contribution in [2.75, 3.05) is 13.1 Å². The van der Waals surface area contributed by atoms with Gasteiger partial charge in [0.2, 0.25) is 10.0 Å². The molecular formula is C15H20N4O2S. The first-order valence-electron chi connectivity index (χ1n) is 7.39. The van der Waals surface area contributed by atoms with Gasteiger partial charge in [-0.2, -0.15) is 9.40 Å². The molecule has 1 saturated heterocycles. The lowest BCUT2D eigenvalue weighted by Crippen LogP contribution is -2.39. The quantitative estimate of drug-likeness (QED) is 0.892. The standard InChI is InChI=1S/C15H20N4O2S/c16-9-14-7-4-8-19(14)22(20,21)15-10-17-18(12-15)11-13-5-2-1-3-6-13/h1-3,5-6,10,12,14H,4,7-9,11,16H2/t14-/m1/s1. The Labute approximate surface area is 130 Å². The van der Waals surface area contributed by atoms with Gasteiger partial charge in [0.15, 0.2) is 0 Å². The van der Waals surface area contributed by atoms with Crippen molar-refractivity contribution in [1.29, 1.82) is 0 Å². The van der Waals surface area contributed by atoms with Gasteiger partial charge in [-0.05, 0) is 18.4 Å². The number of aromatic nitrogens is 2. The van der Waals surface area contributed by atoms with E-state index in [0.29, 0.717) is 19.6 Å². The fraction of sp³-hybridized carbons (Fsp3) is 0.400. The molecule has 2 aromatic rings. The second kappa shape index (κ2) is 6.20. The van der Waals surface area contributed by atoms with Gasteiger partial charge in [0, 0.05) is 25.3 Å². The van der Waals surface area contributed by atoms with Crippen LogP contribution in [0, 0.1) is 0 Å². The zero-order valence-corrected chi connectivity index (χ0v) is 13.1. The van der Waals surface area contributed by atoms with Crippen molar-refractivity contribution in [3.63, 3.8) is 0 Å². The predicted octanol–water partition coefficient (Wildman–Crippen LogP) is 1.04. The third kappa shape index (κ3) is 2.92. The van der Waals surface area contributed by atoms with Gasteiger partial charge in [0.05, 0.1) is 12.7 Å². The Morgan fingerprint density at radius 2 is 2.05 bits per heavy atom. The first-order chi connectivity index (χ1) is 10.6. The molecule has 6 nitrogen and oxygen atoms in total. The van der Waals surface area contributed by atoms with E-state index in [4.69, 9.17) is 5.73 Å². The van der Waals surface area contributed by atoms with E-state index >= 15 is 0 Å². The lowest BCUT2D eigenvalue weighted by Gasteiger charge is -2.21. The Hall–Kier alpha value is -1.70. The summed E-state index contributed by atoms with van der Waals surface area (Å²) in [5.41, 5.74) is 6.76. The molecule has 1 atom stereocenters. The number of nitrogens with two attached hydrogens (primary N) is 1. The molecule has 0 unspecified atom stereocenters. The molecule has 1 aromatic heterocycles. The monoisotopic (exact) mass is 320 g/mol. The van der Waals surface area contributed by atoms with E-state index in [9.17, 15) is 8.42 Å². The van der Waals surface area contributed by atoms with E-state index in [1.165, 1.54) is 10.5 Å². The van der Waals surface area contributed by atoms with Crippen LogP contribution in [0.25, 0.3) is 0 Å². The lowest BCUT2D eigenvalue weighted by molar-refractivity contribution is 0.393. The molecule has 1 aliphatic heterocycles. The van der Waals surface area contributed by atoms with Gasteiger partial charge in [0.25, 0.3) is 0 Å². The summed E-state index contributed by atoms with van der Waals surface area (Å²) in [5, 5.41) is 4.18. The summed E-state index contributed by atoms with van der Waals surface area (Å²) in [6.07, 6.45) is 4.70. The van der Waals surface area contributed by atoms with E-state index < -0.39 is 10.0 Å². The fourth-order valence-electron chi connectivity index (χ4n) is 2.83. The molecule has 22 heavy (non-hydrogen) atoms. The molecule has 1 aliphatic rings. The Kier molecular flexibility index (Phi) is 4.28. The number of sulfonamides is 1. The maximum atomic E-state index is 12.7. The first-order valence-corrected chi connectivity index (χ1v) is 8.83. The van der Waals surface area contributed by atoms with Crippen molar-refractivity contribution in [2.45, 2.75) is 30.3 Å². The van der Waals surface area contributed by atoms with Crippen molar-refractivity contribution in [3.8, 4) is 0 Å². The average Bonchev–Trinajstić information content (AvgIpc) is 3.17. The fourth-order valence-corrected chi connectivity index (χ4v) is 4.49. The van der Waals surface area contributed by atoms with Crippen LogP contribution < -0.4 is 5.73 Å². The molecule has 2 N–H and O–H groups in total. The van der Waals surface area contributed by atoms with Crippen molar-refractivity contribution in [1.82, 2.24) is 14.1 Å². The zero-order chi connectivity index (χ0) is 15.6. The SMILES string of the molecule is NC[C@H]1CCCN1S(=O)(=O)c1cnn(Cc2ccccc2)c1. The largest absolute Gasteiger partial charge is 0.329 e. The van der Waals surface area contributed by atoms with Crippen LogP contribution in [0.3, 0.4) is 0 Å². The summed E-state index contributed by atoms with van der Waals surface area (Å²) in [5.74, 6) is 0. The van der Waals surface area contributed by atoms with Crippen LogP contribution in [0.1, 0.15) is 18.4 Å². The van der Waals surface area contributed by atoms with E-state index in [2.05, 4.69) is 5.10 Å². The predicted molar refractivity (Wildman–Crippen MR) is 83.7 cm³/mol. The second-order valence-corrected chi connectivity index (χ2v) is 7.40. The minimum Gasteiger partial charge on any atom is -0.329 e. The van der Waals surface area contributed by atoms with Gasteiger partial charge in [-0.25, -0.2) is 8.42 Å². The molecule has 0 spiro atoms. The Bertz CT molecular complexity index is 727. The first kappa shape index (κ1) is 15.2. The minimum absolute atomic E-state index is 0.0949. The smallest absolute Gasteiger partial charge is 0.246 e. The molecule has 7 heteroatoms. The van der Waals surface area contributed by atoms with Crippen LogP contribution in [0.4, 0.5) is 0 Å². The number of benzene rings is 1.